The first-order valence-corrected chi connectivity index (χ1v) is 5.61. The van der Waals surface area contributed by atoms with Gasteiger partial charge in [-0.15, -0.1) is 0 Å². The molecule has 0 unspecified atom stereocenters. The van der Waals surface area contributed by atoms with Crippen LogP contribution in [0, 0.1) is 5.92 Å². The lowest BCUT2D eigenvalue weighted by atomic mass is 10.0. The van der Waals surface area contributed by atoms with Crippen LogP contribution in [0.15, 0.2) is 12.4 Å². The Morgan fingerprint density at radius 2 is 2.60 bits per heavy atom. The summed E-state index contributed by atoms with van der Waals surface area (Å²) in [7, 11) is 0. The van der Waals surface area contributed by atoms with Crippen LogP contribution in [0.5, 0.6) is 0 Å². The van der Waals surface area contributed by atoms with Gasteiger partial charge in [0.2, 0.25) is 0 Å². The van der Waals surface area contributed by atoms with Gasteiger partial charge in [0.05, 0.1) is 12.8 Å². The molecule has 1 aromatic rings. The smallest absolute Gasteiger partial charge is 0.0537 e. The minimum Gasteiger partial charge on any atom is -0.381 e. The van der Waals surface area contributed by atoms with Crippen molar-refractivity contribution in [1.82, 2.24) is 9.78 Å². The van der Waals surface area contributed by atoms with Crippen molar-refractivity contribution in [2.75, 3.05) is 13.2 Å². The van der Waals surface area contributed by atoms with Gasteiger partial charge < -0.3 is 10.5 Å². The van der Waals surface area contributed by atoms with Gasteiger partial charge in [-0.05, 0) is 19.8 Å². The summed E-state index contributed by atoms with van der Waals surface area (Å²) < 4.78 is 7.43. The van der Waals surface area contributed by atoms with Crippen molar-refractivity contribution >= 4 is 0 Å². The number of ether oxygens (including phenoxy) is 1. The third-order valence-corrected chi connectivity index (χ3v) is 2.88. The molecule has 2 atom stereocenters. The molecule has 0 bridgehead atoms. The first-order valence-electron chi connectivity index (χ1n) is 5.61. The highest BCUT2D eigenvalue weighted by Crippen LogP contribution is 2.16. The van der Waals surface area contributed by atoms with Crippen LogP contribution in [0.3, 0.4) is 0 Å². The van der Waals surface area contributed by atoms with Crippen LogP contribution >= 0.6 is 0 Å². The fourth-order valence-corrected chi connectivity index (χ4v) is 1.93. The fourth-order valence-electron chi connectivity index (χ4n) is 1.93. The Morgan fingerprint density at radius 3 is 3.20 bits per heavy atom. The molecular formula is C11H19N3O. The Labute approximate surface area is 90.4 Å². The molecule has 2 N–H and O–H groups in total. The van der Waals surface area contributed by atoms with Crippen LogP contribution in [0.4, 0.5) is 0 Å². The molecular weight excluding hydrogens is 190 g/mol. The topological polar surface area (TPSA) is 53.1 Å². The number of rotatable bonds is 3. The van der Waals surface area contributed by atoms with Crippen molar-refractivity contribution < 1.29 is 4.74 Å². The standard InChI is InChI=1S/C11H19N3O/c1-9(12)11-5-13-14(7-11)6-10-3-2-4-15-8-10/h5,7,9-10H,2-4,6,8,12H2,1H3/t9-,10-/m0/s1. The Kier molecular flexibility index (Phi) is 3.38. The maximum Gasteiger partial charge on any atom is 0.0537 e. The average Bonchev–Trinajstić information content (AvgIpc) is 2.68. The zero-order valence-electron chi connectivity index (χ0n) is 9.22. The van der Waals surface area contributed by atoms with E-state index in [9.17, 15) is 0 Å². The molecule has 84 valence electrons. The summed E-state index contributed by atoms with van der Waals surface area (Å²) >= 11 is 0. The van der Waals surface area contributed by atoms with E-state index in [0.29, 0.717) is 5.92 Å². The van der Waals surface area contributed by atoms with E-state index in [4.69, 9.17) is 10.5 Å². The van der Waals surface area contributed by atoms with E-state index < -0.39 is 0 Å². The van der Waals surface area contributed by atoms with Crippen molar-refractivity contribution in [3.8, 4) is 0 Å². The van der Waals surface area contributed by atoms with Gasteiger partial charge in [0.15, 0.2) is 0 Å². The lowest BCUT2D eigenvalue weighted by Gasteiger charge is -2.21. The molecule has 15 heavy (non-hydrogen) atoms. The van der Waals surface area contributed by atoms with E-state index in [2.05, 4.69) is 5.10 Å². The van der Waals surface area contributed by atoms with Gasteiger partial charge in [0.1, 0.15) is 0 Å². The molecule has 0 saturated carbocycles. The van der Waals surface area contributed by atoms with Crippen LogP contribution in [-0.4, -0.2) is 23.0 Å². The van der Waals surface area contributed by atoms with Gasteiger partial charge in [0, 0.05) is 36.9 Å². The number of hydrogen-bond acceptors (Lipinski definition) is 3. The van der Waals surface area contributed by atoms with Gasteiger partial charge in [-0.2, -0.15) is 5.10 Å². The van der Waals surface area contributed by atoms with E-state index in [0.717, 1.165) is 25.3 Å². The summed E-state index contributed by atoms with van der Waals surface area (Å²) in [4.78, 5) is 0. The second kappa shape index (κ2) is 4.77. The SMILES string of the molecule is C[C@H](N)c1cnn(C[C@@H]2CCCOC2)c1. The van der Waals surface area contributed by atoms with Crippen molar-refractivity contribution in [3.05, 3.63) is 18.0 Å². The first-order chi connectivity index (χ1) is 7.25. The lowest BCUT2D eigenvalue weighted by molar-refractivity contribution is 0.0470. The zero-order chi connectivity index (χ0) is 10.7. The van der Waals surface area contributed by atoms with Crippen molar-refractivity contribution in [1.29, 1.82) is 0 Å². The number of aromatic nitrogens is 2. The minimum absolute atomic E-state index is 0.0707. The molecule has 1 aromatic heterocycles. The maximum absolute atomic E-state index is 5.78. The fraction of sp³-hybridized carbons (Fsp3) is 0.727. The maximum atomic E-state index is 5.78. The highest BCUT2D eigenvalue weighted by atomic mass is 16.5. The molecule has 0 amide bonds. The summed E-state index contributed by atoms with van der Waals surface area (Å²) in [5.74, 6) is 0.611. The molecule has 0 aromatic carbocycles. The van der Waals surface area contributed by atoms with E-state index >= 15 is 0 Å². The molecule has 2 heterocycles. The molecule has 0 spiro atoms. The predicted molar refractivity (Wildman–Crippen MR) is 58.4 cm³/mol. The average molecular weight is 209 g/mol. The monoisotopic (exact) mass is 209 g/mol. The molecule has 0 aliphatic carbocycles. The largest absolute Gasteiger partial charge is 0.381 e. The van der Waals surface area contributed by atoms with Crippen LogP contribution in [-0.2, 0) is 11.3 Å². The molecule has 1 saturated heterocycles. The normalized spacial score (nSPS) is 24.0. The highest BCUT2D eigenvalue weighted by Gasteiger charge is 2.15. The summed E-state index contributed by atoms with van der Waals surface area (Å²) in [5, 5.41) is 4.31. The van der Waals surface area contributed by atoms with E-state index in [1.54, 1.807) is 0 Å². The second-order valence-electron chi connectivity index (χ2n) is 4.37. The van der Waals surface area contributed by atoms with Gasteiger partial charge in [0.25, 0.3) is 0 Å². The predicted octanol–water partition coefficient (Wildman–Crippen LogP) is 1.33. The number of hydrogen-bond donors (Lipinski definition) is 1. The summed E-state index contributed by atoms with van der Waals surface area (Å²) in [6.07, 6.45) is 6.31. The third-order valence-electron chi connectivity index (χ3n) is 2.88. The Balaban J connectivity index is 1.91. The minimum atomic E-state index is 0.0707. The van der Waals surface area contributed by atoms with Gasteiger partial charge in [-0.1, -0.05) is 0 Å². The summed E-state index contributed by atoms with van der Waals surface area (Å²) in [5.41, 5.74) is 6.89. The number of nitrogens with zero attached hydrogens (tertiary/aromatic N) is 2. The van der Waals surface area contributed by atoms with Crippen LogP contribution in [0.2, 0.25) is 0 Å². The van der Waals surface area contributed by atoms with E-state index in [-0.39, 0.29) is 6.04 Å². The molecule has 4 heteroatoms. The second-order valence-corrected chi connectivity index (χ2v) is 4.37. The number of nitrogens with two attached hydrogens (primary N) is 1. The quantitative estimate of drug-likeness (QED) is 0.817. The third kappa shape index (κ3) is 2.79. The van der Waals surface area contributed by atoms with E-state index in [1.165, 1.54) is 12.8 Å². The highest BCUT2D eigenvalue weighted by molar-refractivity contribution is 5.08. The Morgan fingerprint density at radius 1 is 1.73 bits per heavy atom. The van der Waals surface area contributed by atoms with Gasteiger partial charge in [-0.3, -0.25) is 4.68 Å². The van der Waals surface area contributed by atoms with Crippen LogP contribution < -0.4 is 5.73 Å². The van der Waals surface area contributed by atoms with Gasteiger partial charge >= 0.3 is 0 Å². The zero-order valence-corrected chi connectivity index (χ0v) is 9.22. The molecule has 0 radical (unpaired) electrons. The molecule has 1 fully saturated rings. The molecule has 1 aliphatic rings. The Bertz CT molecular complexity index is 303. The van der Waals surface area contributed by atoms with Crippen LogP contribution in [0.1, 0.15) is 31.4 Å². The summed E-state index contributed by atoms with van der Waals surface area (Å²) in [6, 6.07) is 0.0707. The van der Waals surface area contributed by atoms with Gasteiger partial charge in [-0.25, -0.2) is 0 Å². The van der Waals surface area contributed by atoms with Crippen molar-refractivity contribution in [3.63, 3.8) is 0 Å². The van der Waals surface area contributed by atoms with Crippen molar-refractivity contribution in [2.24, 2.45) is 11.7 Å². The Hall–Kier alpha value is -0.870. The molecule has 1 aliphatic heterocycles. The molecule has 4 nitrogen and oxygen atoms in total. The lowest BCUT2D eigenvalue weighted by Crippen LogP contribution is -2.22. The van der Waals surface area contributed by atoms with Crippen LogP contribution in [0.25, 0.3) is 0 Å². The van der Waals surface area contributed by atoms with E-state index in [1.807, 2.05) is 24.0 Å². The summed E-state index contributed by atoms with van der Waals surface area (Å²) in [6.45, 7) is 4.71. The molecule has 2 rings (SSSR count). The van der Waals surface area contributed by atoms with Crippen molar-refractivity contribution in [2.45, 2.75) is 32.4 Å². The first kappa shape index (κ1) is 10.6.